The summed E-state index contributed by atoms with van der Waals surface area (Å²) in [4.78, 5) is 4.89. The van der Waals surface area contributed by atoms with Crippen molar-refractivity contribution in [3.63, 3.8) is 0 Å². The molecule has 1 heteroatoms. The molecule has 16 heavy (non-hydrogen) atoms. The molecule has 0 aliphatic heterocycles. The Morgan fingerprint density at radius 1 is 0.938 bits per heavy atom. The van der Waals surface area contributed by atoms with Crippen LogP contribution in [-0.4, -0.2) is 5.71 Å². The summed E-state index contributed by atoms with van der Waals surface area (Å²) in [6.07, 6.45) is 3.45. The first-order chi connectivity index (χ1) is 7.47. The van der Waals surface area contributed by atoms with Gasteiger partial charge in [0.2, 0.25) is 0 Å². The molecule has 0 amide bonds. The average Bonchev–Trinajstić information content (AvgIpc) is 2.32. The average molecular weight is 223 g/mol. The number of allylic oxidation sites excluding steroid dienone is 2. The molecule has 0 aromatic carbocycles. The van der Waals surface area contributed by atoms with Gasteiger partial charge < -0.3 is 0 Å². The first kappa shape index (κ1) is 15.4. The second kappa shape index (κ2) is 7.65. The van der Waals surface area contributed by atoms with E-state index in [0.29, 0.717) is 11.8 Å². The molecule has 0 saturated heterocycles. The summed E-state index contributed by atoms with van der Waals surface area (Å²) < 4.78 is 0. The Hall–Kier alpha value is -0.590. The molecule has 0 fully saturated rings. The minimum atomic E-state index is 0.582. The summed E-state index contributed by atoms with van der Waals surface area (Å²) in [5, 5.41) is 0. The fourth-order valence-corrected chi connectivity index (χ4v) is 1.60. The molecule has 0 aromatic heterocycles. The Morgan fingerprint density at radius 2 is 1.44 bits per heavy atom. The lowest BCUT2D eigenvalue weighted by Crippen LogP contribution is -2.08. The number of nitrogens with zero attached hydrogens (tertiary/aromatic N) is 1. The maximum absolute atomic E-state index is 4.89. The first-order valence-electron chi connectivity index (χ1n) is 6.72. The number of aliphatic imine (C=N–C) groups is 1. The predicted molar refractivity (Wildman–Crippen MR) is 75.0 cm³/mol. The normalized spacial score (nSPS) is 18.1. The quantitative estimate of drug-likeness (QED) is 0.547. The van der Waals surface area contributed by atoms with Crippen LogP contribution in [0.25, 0.3) is 0 Å². The van der Waals surface area contributed by atoms with Gasteiger partial charge in [0.05, 0.1) is 0 Å². The van der Waals surface area contributed by atoms with Crippen LogP contribution in [0.2, 0.25) is 0 Å². The second-order valence-electron chi connectivity index (χ2n) is 4.89. The van der Waals surface area contributed by atoms with E-state index in [2.05, 4.69) is 48.5 Å². The van der Waals surface area contributed by atoms with Crippen molar-refractivity contribution in [2.24, 2.45) is 16.8 Å². The minimum absolute atomic E-state index is 0.582. The van der Waals surface area contributed by atoms with Crippen molar-refractivity contribution in [1.29, 1.82) is 0 Å². The van der Waals surface area contributed by atoms with Gasteiger partial charge >= 0.3 is 0 Å². The van der Waals surface area contributed by atoms with E-state index >= 15 is 0 Å². The van der Waals surface area contributed by atoms with Gasteiger partial charge in [-0.3, -0.25) is 4.99 Å². The van der Waals surface area contributed by atoms with Gasteiger partial charge in [-0.25, -0.2) is 0 Å². The topological polar surface area (TPSA) is 12.4 Å². The van der Waals surface area contributed by atoms with Gasteiger partial charge in [0.25, 0.3) is 0 Å². The Balaban J connectivity index is 5.09. The van der Waals surface area contributed by atoms with Crippen LogP contribution < -0.4 is 0 Å². The number of hydrogen-bond donors (Lipinski definition) is 0. The van der Waals surface area contributed by atoms with Gasteiger partial charge in [0, 0.05) is 11.4 Å². The van der Waals surface area contributed by atoms with Crippen molar-refractivity contribution in [1.82, 2.24) is 0 Å². The molecular weight excluding hydrogens is 194 g/mol. The van der Waals surface area contributed by atoms with Crippen LogP contribution in [0, 0.1) is 11.8 Å². The maximum atomic E-state index is 4.89. The van der Waals surface area contributed by atoms with E-state index in [-0.39, 0.29) is 0 Å². The van der Waals surface area contributed by atoms with Crippen molar-refractivity contribution in [2.45, 2.75) is 67.7 Å². The summed E-state index contributed by atoms with van der Waals surface area (Å²) in [7, 11) is 0. The molecule has 0 radical (unpaired) electrons. The molecule has 2 atom stereocenters. The molecule has 0 saturated carbocycles. The van der Waals surface area contributed by atoms with E-state index < -0.39 is 0 Å². The highest BCUT2D eigenvalue weighted by Gasteiger charge is 2.11. The van der Waals surface area contributed by atoms with Gasteiger partial charge in [-0.15, -0.1) is 0 Å². The van der Waals surface area contributed by atoms with E-state index in [0.717, 1.165) is 6.42 Å². The van der Waals surface area contributed by atoms with Gasteiger partial charge in [0.1, 0.15) is 0 Å². The van der Waals surface area contributed by atoms with E-state index in [1.54, 1.807) is 0 Å². The van der Waals surface area contributed by atoms with E-state index in [1.807, 2.05) is 0 Å². The molecule has 0 rings (SSSR count). The van der Waals surface area contributed by atoms with Gasteiger partial charge in [-0.2, -0.15) is 0 Å². The smallest absolute Gasteiger partial charge is 0.0420 e. The standard InChI is InChI=1S/C15H29N/c1-8-11(4)14(7)16-15(12(5)9-2)13(6)10-3/h11-12H,8-10H2,1-7H3/b15-13-,16-14?. The van der Waals surface area contributed by atoms with E-state index in [9.17, 15) is 0 Å². The first-order valence-corrected chi connectivity index (χ1v) is 6.72. The Kier molecular flexibility index (Phi) is 7.36. The van der Waals surface area contributed by atoms with Crippen molar-refractivity contribution in [3.05, 3.63) is 11.3 Å². The summed E-state index contributed by atoms with van der Waals surface area (Å²) in [6, 6.07) is 0. The predicted octanol–water partition coefficient (Wildman–Crippen LogP) is 5.22. The molecule has 0 bridgehead atoms. The Morgan fingerprint density at radius 3 is 1.81 bits per heavy atom. The minimum Gasteiger partial charge on any atom is -0.262 e. The highest BCUT2D eigenvalue weighted by atomic mass is 14.8. The van der Waals surface area contributed by atoms with Crippen LogP contribution in [0.1, 0.15) is 67.7 Å². The monoisotopic (exact) mass is 223 g/mol. The molecule has 94 valence electrons. The van der Waals surface area contributed by atoms with E-state index in [1.165, 1.54) is 29.8 Å². The molecule has 0 aliphatic rings. The third-order valence-electron chi connectivity index (χ3n) is 3.67. The second-order valence-corrected chi connectivity index (χ2v) is 4.89. The van der Waals surface area contributed by atoms with Crippen molar-refractivity contribution in [2.75, 3.05) is 0 Å². The van der Waals surface area contributed by atoms with Gasteiger partial charge in [-0.05, 0) is 44.9 Å². The molecule has 0 spiro atoms. The van der Waals surface area contributed by atoms with Crippen LogP contribution in [0.3, 0.4) is 0 Å². The maximum Gasteiger partial charge on any atom is 0.0420 e. The molecule has 0 N–H and O–H groups in total. The number of hydrogen-bond acceptors (Lipinski definition) is 1. The number of rotatable bonds is 6. The molecule has 1 nitrogen and oxygen atoms in total. The molecule has 0 heterocycles. The molecule has 2 unspecified atom stereocenters. The zero-order valence-corrected chi connectivity index (χ0v) is 12.2. The largest absolute Gasteiger partial charge is 0.262 e. The van der Waals surface area contributed by atoms with Gasteiger partial charge in [-0.1, -0.05) is 40.2 Å². The van der Waals surface area contributed by atoms with Gasteiger partial charge in [0.15, 0.2) is 0 Å². The summed E-state index contributed by atoms with van der Waals surface area (Å²) in [5.74, 6) is 1.18. The van der Waals surface area contributed by atoms with Crippen molar-refractivity contribution in [3.8, 4) is 0 Å². The van der Waals surface area contributed by atoms with Crippen molar-refractivity contribution < 1.29 is 0 Å². The molecule has 0 aliphatic carbocycles. The fraction of sp³-hybridized carbons (Fsp3) is 0.800. The highest BCUT2D eigenvalue weighted by molar-refractivity contribution is 5.85. The fourth-order valence-electron chi connectivity index (χ4n) is 1.60. The Labute approximate surface area is 102 Å². The SMILES string of the molecule is CC/C(C)=C(\N=C(C)C(C)CC)C(C)CC. The van der Waals surface area contributed by atoms with Crippen LogP contribution in [0.5, 0.6) is 0 Å². The summed E-state index contributed by atoms with van der Waals surface area (Å²) >= 11 is 0. The lowest BCUT2D eigenvalue weighted by molar-refractivity contribution is 0.632. The summed E-state index contributed by atoms with van der Waals surface area (Å²) in [5.41, 5.74) is 4.05. The lowest BCUT2D eigenvalue weighted by atomic mass is 9.98. The van der Waals surface area contributed by atoms with E-state index in [4.69, 9.17) is 4.99 Å². The summed E-state index contributed by atoms with van der Waals surface area (Å²) in [6.45, 7) is 15.6. The highest BCUT2D eigenvalue weighted by Crippen LogP contribution is 2.23. The zero-order valence-electron chi connectivity index (χ0n) is 12.2. The van der Waals surface area contributed by atoms with Crippen LogP contribution >= 0.6 is 0 Å². The van der Waals surface area contributed by atoms with Crippen molar-refractivity contribution >= 4 is 5.71 Å². The van der Waals surface area contributed by atoms with Crippen LogP contribution in [0.15, 0.2) is 16.3 Å². The van der Waals surface area contributed by atoms with Crippen LogP contribution in [-0.2, 0) is 0 Å². The zero-order chi connectivity index (χ0) is 12.7. The Bertz CT molecular complexity index is 261. The molecule has 0 aromatic rings. The lowest BCUT2D eigenvalue weighted by Gasteiger charge is -2.16. The van der Waals surface area contributed by atoms with Crippen LogP contribution in [0.4, 0.5) is 0 Å². The third-order valence-corrected chi connectivity index (χ3v) is 3.67. The molecular formula is C15H29N. The third kappa shape index (κ3) is 4.51.